The summed E-state index contributed by atoms with van der Waals surface area (Å²) in [7, 11) is 0. The Morgan fingerprint density at radius 1 is 1.11 bits per heavy atom. The maximum Gasteiger partial charge on any atom is 0.416 e. The van der Waals surface area contributed by atoms with Crippen molar-refractivity contribution in [2.45, 2.75) is 25.1 Å². The monoisotopic (exact) mass is 389 g/mol. The van der Waals surface area contributed by atoms with E-state index in [1.165, 1.54) is 18.4 Å². The summed E-state index contributed by atoms with van der Waals surface area (Å²) in [5.41, 5.74) is -0.0498. The molecule has 0 bridgehead atoms. The van der Waals surface area contributed by atoms with E-state index in [4.69, 9.17) is 4.42 Å². The second-order valence-corrected chi connectivity index (χ2v) is 6.73. The smallest absolute Gasteiger partial charge is 0.416 e. The molecule has 0 radical (unpaired) electrons. The molecule has 0 atom stereocenters. The first kappa shape index (κ1) is 18.3. The van der Waals surface area contributed by atoms with Gasteiger partial charge in [-0.1, -0.05) is 12.1 Å². The molecule has 0 unspecified atom stereocenters. The van der Waals surface area contributed by atoms with E-state index in [-0.39, 0.29) is 11.9 Å². The van der Waals surface area contributed by atoms with Crippen LogP contribution in [0.25, 0.3) is 11.4 Å². The largest absolute Gasteiger partial charge is 0.459 e. The first-order valence-electron chi connectivity index (χ1n) is 8.97. The zero-order valence-corrected chi connectivity index (χ0v) is 14.9. The van der Waals surface area contributed by atoms with Crippen molar-refractivity contribution in [1.29, 1.82) is 0 Å². The summed E-state index contributed by atoms with van der Waals surface area (Å²) in [6.07, 6.45) is 2.06. The van der Waals surface area contributed by atoms with Gasteiger partial charge in [-0.3, -0.25) is 4.79 Å². The average molecular weight is 389 g/mol. The maximum absolute atomic E-state index is 12.8. The van der Waals surface area contributed by atoms with Crippen LogP contribution in [0.4, 0.5) is 13.2 Å². The maximum atomic E-state index is 12.8. The molecule has 0 spiro atoms. The van der Waals surface area contributed by atoms with Gasteiger partial charge in [0.1, 0.15) is 5.82 Å². The fourth-order valence-electron chi connectivity index (χ4n) is 3.54. The zero-order valence-electron chi connectivity index (χ0n) is 14.9. The molecule has 146 valence electrons. The number of hydrogen-bond donors (Lipinski definition) is 0. The van der Waals surface area contributed by atoms with E-state index in [1.807, 2.05) is 10.8 Å². The number of furan rings is 1. The normalized spacial score (nSPS) is 15.8. The number of carbonyl (C=O) groups excluding carboxylic acids is 1. The highest BCUT2D eigenvalue weighted by Crippen LogP contribution is 2.32. The lowest BCUT2D eigenvalue weighted by Crippen LogP contribution is -2.38. The minimum Gasteiger partial charge on any atom is -0.459 e. The number of benzene rings is 1. The van der Waals surface area contributed by atoms with Crippen molar-refractivity contribution in [3.63, 3.8) is 0 Å². The van der Waals surface area contributed by atoms with E-state index in [2.05, 4.69) is 4.98 Å². The van der Waals surface area contributed by atoms with Crippen LogP contribution >= 0.6 is 0 Å². The molecule has 1 aliphatic heterocycles. The number of alkyl halides is 3. The summed E-state index contributed by atoms with van der Waals surface area (Å²) in [6.45, 7) is 1.16. The third-order valence-corrected chi connectivity index (χ3v) is 5.02. The number of rotatable bonds is 3. The molecule has 4 rings (SSSR count). The van der Waals surface area contributed by atoms with Gasteiger partial charge in [-0.05, 0) is 37.1 Å². The third kappa shape index (κ3) is 3.54. The zero-order chi connectivity index (χ0) is 19.7. The lowest BCUT2D eigenvalue weighted by molar-refractivity contribution is -0.137. The number of nitrogens with zero attached hydrogens (tertiary/aromatic N) is 3. The van der Waals surface area contributed by atoms with Gasteiger partial charge in [0, 0.05) is 37.1 Å². The fraction of sp³-hybridized carbons (Fsp3) is 0.300. The second-order valence-electron chi connectivity index (χ2n) is 6.73. The van der Waals surface area contributed by atoms with Gasteiger partial charge in [-0.15, -0.1) is 0 Å². The SMILES string of the molecule is O=C(c1ccco1)N1CCC(n2ccnc2-c2ccc(C(F)(F)F)cc2)CC1. The molecular formula is C20H18F3N3O2. The van der Waals surface area contributed by atoms with E-state index >= 15 is 0 Å². The van der Waals surface area contributed by atoms with Crippen LogP contribution in [0.3, 0.4) is 0 Å². The van der Waals surface area contributed by atoms with Crippen LogP contribution in [-0.4, -0.2) is 33.4 Å². The van der Waals surface area contributed by atoms with Crippen LogP contribution in [0.1, 0.15) is 35.0 Å². The number of piperidine rings is 1. The Kier molecular flexibility index (Phi) is 4.70. The van der Waals surface area contributed by atoms with Crippen molar-refractivity contribution in [3.8, 4) is 11.4 Å². The Labute approximate surface area is 159 Å². The highest BCUT2D eigenvalue weighted by atomic mass is 19.4. The summed E-state index contributed by atoms with van der Waals surface area (Å²) < 4.78 is 45.5. The first-order chi connectivity index (χ1) is 13.4. The molecule has 1 amide bonds. The number of likely N-dealkylation sites (tertiary alicyclic amines) is 1. The predicted octanol–water partition coefficient (Wildman–Crippen LogP) is 4.64. The quantitative estimate of drug-likeness (QED) is 0.656. The summed E-state index contributed by atoms with van der Waals surface area (Å²) in [4.78, 5) is 18.5. The Morgan fingerprint density at radius 3 is 2.43 bits per heavy atom. The van der Waals surface area contributed by atoms with Gasteiger partial charge in [-0.25, -0.2) is 4.98 Å². The summed E-state index contributed by atoms with van der Waals surface area (Å²) in [5, 5.41) is 0. The van der Waals surface area contributed by atoms with Crippen LogP contribution in [0.5, 0.6) is 0 Å². The Bertz CT molecular complexity index is 938. The molecule has 1 aromatic carbocycles. The highest BCUT2D eigenvalue weighted by Gasteiger charge is 2.30. The number of halogens is 3. The van der Waals surface area contributed by atoms with Crippen molar-refractivity contribution < 1.29 is 22.4 Å². The van der Waals surface area contributed by atoms with Crippen LogP contribution in [-0.2, 0) is 6.18 Å². The van der Waals surface area contributed by atoms with Gasteiger partial charge < -0.3 is 13.9 Å². The van der Waals surface area contributed by atoms with E-state index in [0.717, 1.165) is 25.0 Å². The highest BCUT2D eigenvalue weighted by molar-refractivity contribution is 5.91. The Hall–Kier alpha value is -3.03. The molecule has 1 saturated heterocycles. The third-order valence-electron chi connectivity index (χ3n) is 5.02. The van der Waals surface area contributed by atoms with Gasteiger partial charge in [0.15, 0.2) is 5.76 Å². The molecule has 2 aromatic heterocycles. The van der Waals surface area contributed by atoms with Crippen LogP contribution < -0.4 is 0 Å². The van der Waals surface area contributed by atoms with Gasteiger partial charge in [0.25, 0.3) is 5.91 Å². The number of carbonyl (C=O) groups is 1. The predicted molar refractivity (Wildman–Crippen MR) is 95.5 cm³/mol. The van der Waals surface area contributed by atoms with Crippen molar-refractivity contribution in [2.24, 2.45) is 0 Å². The topological polar surface area (TPSA) is 51.3 Å². The van der Waals surface area contributed by atoms with Gasteiger partial charge >= 0.3 is 6.18 Å². The number of amides is 1. The van der Waals surface area contributed by atoms with Crippen molar-refractivity contribution >= 4 is 5.91 Å². The minimum absolute atomic E-state index is 0.125. The first-order valence-corrected chi connectivity index (χ1v) is 8.97. The summed E-state index contributed by atoms with van der Waals surface area (Å²) in [5.74, 6) is 0.827. The molecule has 0 N–H and O–H groups in total. The molecule has 0 aliphatic carbocycles. The minimum atomic E-state index is -4.36. The molecule has 3 heterocycles. The molecular weight excluding hydrogens is 371 g/mol. The lowest BCUT2D eigenvalue weighted by Gasteiger charge is -2.32. The van der Waals surface area contributed by atoms with Crippen LogP contribution in [0.2, 0.25) is 0 Å². The summed E-state index contributed by atoms with van der Waals surface area (Å²) >= 11 is 0. The molecule has 3 aromatic rings. The molecule has 1 fully saturated rings. The second kappa shape index (κ2) is 7.18. The van der Waals surface area contributed by atoms with E-state index in [0.29, 0.717) is 30.2 Å². The Morgan fingerprint density at radius 2 is 1.82 bits per heavy atom. The van der Waals surface area contributed by atoms with Crippen molar-refractivity contribution in [2.75, 3.05) is 13.1 Å². The Balaban J connectivity index is 1.47. The molecule has 28 heavy (non-hydrogen) atoms. The van der Waals surface area contributed by atoms with E-state index in [9.17, 15) is 18.0 Å². The summed E-state index contributed by atoms with van der Waals surface area (Å²) in [6, 6.07) is 8.47. The van der Waals surface area contributed by atoms with Crippen LogP contribution in [0, 0.1) is 0 Å². The van der Waals surface area contributed by atoms with Crippen molar-refractivity contribution in [1.82, 2.24) is 14.5 Å². The molecule has 8 heteroatoms. The van der Waals surface area contributed by atoms with Gasteiger partial charge in [0.05, 0.1) is 11.8 Å². The number of aromatic nitrogens is 2. The van der Waals surface area contributed by atoms with Crippen LogP contribution in [0.15, 0.2) is 59.5 Å². The fourth-order valence-corrected chi connectivity index (χ4v) is 3.54. The standard InChI is InChI=1S/C20H18F3N3O2/c21-20(22,23)15-5-3-14(4-6-15)18-24-9-12-26(18)16-7-10-25(11-8-16)19(27)17-2-1-13-28-17/h1-6,9,12-13,16H,7-8,10-11H2. The van der Waals surface area contributed by atoms with Gasteiger partial charge in [0.2, 0.25) is 0 Å². The molecule has 1 aliphatic rings. The average Bonchev–Trinajstić information content (AvgIpc) is 3.39. The number of imidazole rings is 1. The van der Waals surface area contributed by atoms with E-state index < -0.39 is 11.7 Å². The van der Waals surface area contributed by atoms with E-state index in [1.54, 1.807) is 23.2 Å². The molecule has 0 saturated carbocycles. The lowest BCUT2D eigenvalue weighted by atomic mass is 10.0. The molecule has 5 nitrogen and oxygen atoms in total. The van der Waals surface area contributed by atoms with Gasteiger partial charge in [-0.2, -0.15) is 13.2 Å². The van der Waals surface area contributed by atoms with Crippen molar-refractivity contribution in [3.05, 3.63) is 66.4 Å². The number of hydrogen-bond acceptors (Lipinski definition) is 3.